The summed E-state index contributed by atoms with van der Waals surface area (Å²) in [4.78, 5) is 15.5. The first-order valence-electron chi connectivity index (χ1n) is 13.8. The standard InChI is InChI=1S/C32H42N2O3Si/c1-25-31(35)34(22-21-33-25)29(20-23-36-24-26-14-8-5-9-15-26)30(32(2,3)4)37-38(27-16-10-6-11-17-27)28-18-12-7-13-19-28/h5-19,25,29-30,33,38H,20-24H2,1-4H3/t25-,29-,30?/m0/s1. The molecule has 1 saturated heterocycles. The van der Waals surface area contributed by atoms with E-state index in [4.69, 9.17) is 9.16 Å². The van der Waals surface area contributed by atoms with Gasteiger partial charge in [-0.3, -0.25) is 4.79 Å². The molecule has 5 nitrogen and oxygen atoms in total. The molecular formula is C32H42N2O3Si. The second-order valence-corrected chi connectivity index (χ2v) is 13.6. The van der Waals surface area contributed by atoms with Crippen molar-refractivity contribution in [1.29, 1.82) is 0 Å². The molecule has 1 aliphatic heterocycles. The number of rotatable bonds is 11. The summed E-state index contributed by atoms with van der Waals surface area (Å²) in [7, 11) is -2.04. The van der Waals surface area contributed by atoms with Crippen LogP contribution in [0.3, 0.4) is 0 Å². The van der Waals surface area contributed by atoms with Gasteiger partial charge in [0.2, 0.25) is 14.9 Å². The van der Waals surface area contributed by atoms with E-state index in [1.165, 1.54) is 10.4 Å². The molecule has 0 aromatic heterocycles. The van der Waals surface area contributed by atoms with Crippen LogP contribution in [0, 0.1) is 5.41 Å². The Hall–Kier alpha value is -2.77. The van der Waals surface area contributed by atoms with Crippen LogP contribution in [0.15, 0.2) is 91.0 Å². The molecule has 1 aliphatic rings. The average Bonchev–Trinajstić information content (AvgIpc) is 2.93. The van der Waals surface area contributed by atoms with E-state index in [-0.39, 0.29) is 29.5 Å². The predicted octanol–water partition coefficient (Wildman–Crippen LogP) is 3.75. The molecule has 1 fully saturated rings. The van der Waals surface area contributed by atoms with Gasteiger partial charge in [-0.15, -0.1) is 0 Å². The van der Waals surface area contributed by atoms with Gasteiger partial charge in [-0.05, 0) is 34.7 Å². The Morgan fingerprint density at radius 2 is 1.47 bits per heavy atom. The van der Waals surface area contributed by atoms with Crippen LogP contribution in [0.25, 0.3) is 0 Å². The lowest BCUT2D eigenvalue weighted by Crippen LogP contribution is -2.63. The minimum absolute atomic E-state index is 0.0924. The molecule has 3 atom stereocenters. The van der Waals surface area contributed by atoms with Crippen molar-refractivity contribution in [3.05, 3.63) is 96.6 Å². The van der Waals surface area contributed by atoms with Gasteiger partial charge in [0.15, 0.2) is 0 Å². The fourth-order valence-corrected chi connectivity index (χ4v) is 7.97. The minimum Gasteiger partial charge on any atom is -0.405 e. The molecule has 1 heterocycles. The Bertz CT molecular complexity index is 1080. The maximum Gasteiger partial charge on any atom is 0.240 e. The highest BCUT2D eigenvalue weighted by molar-refractivity contribution is 6.80. The zero-order valence-corrected chi connectivity index (χ0v) is 24.3. The lowest BCUT2D eigenvalue weighted by Gasteiger charge is -2.46. The first kappa shape index (κ1) is 28.2. The lowest BCUT2D eigenvalue weighted by atomic mass is 9.82. The quantitative estimate of drug-likeness (QED) is 0.303. The van der Waals surface area contributed by atoms with Gasteiger partial charge in [-0.1, -0.05) is 112 Å². The van der Waals surface area contributed by atoms with Crippen LogP contribution >= 0.6 is 0 Å². The molecule has 3 aromatic rings. The highest BCUT2D eigenvalue weighted by atomic mass is 28.3. The van der Waals surface area contributed by atoms with Gasteiger partial charge in [0, 0.05) is 19.7 Å². The van der Waals surface area contributed by atoms with E-state index >= 15 is 0 Å². The summed E-state index contributed by atoms with van der Waals surface area (Å²) < 4.78 is 13.4. The van der Waals surface area contributed by atoms with Crippen LogP contribution in [-0.2, 0) is 20.6 Å². The molecule has 202 valence electrons. The zero-order valence-electron chi connectivity index (χ0n) is 23.2. The van der Waals surface area contributed by atoms with E-state index in [9.17, 15) is 4.79 Å². The third-order valence-corrected chi connectivity index (χ3v) is 9.76. The van der Waals surface area contributed by atoms with E-state index in [1.807, 2.05) is 25.1 Å². The summed E-state index contributed by atoms with van der Waals surface area (Å²) in [5.74, 6) is 0.139. The number of amides is 1. The Kier molecular flexibility index (Phi) is 9.91. The Morgan fingerprint density at radius 3 is 2.03 bits per heavy atom. The van der Waals surface area contributed by atoms with Gasteiger partial charge in [0.1, 0.15) is 0 Å². The van der Waals surface area contributed by atoms with Gasteiger partial charge in [0.05, 0.1) is 24.8 Å². The maximum atomic E-state index is 13.5. The molecule has 1 N–H and O–H groups in total. The molecule has 0 bridgehead atoms. The van der Waals surface area contributed by atoms with Crippen molar-refractivity contribution in [2.45, 2.75) is 58.9 Å². The van der Waals surface area contributed by atoms with Crippen LogP contribution in [-0.4, -0.2) is 57.7 Å². The zero-order chi connectivity index (χ0) is 27.0. The van der Waals surface area contributed by atoms with E-state index in [0.29, 0.717) is 19.8 Å². The van der Waals surface area contributed by atoms with Gasteiger partial charge in [-0.25, -0.2) is 0 Å². The highest BCUT2D eigenvalue weighted by Crippen LogP contribution is 2.31. The number of nitrogens with one attached hydrogen (secondary N) is 1. The van der Waals surface area contributed by atoms with E-state index in [1.54, 1.807) is 0 Å². The normalized spacial score (nSPS) is 18.0. The predicted molar refractivity (Wildman–Crippen MR) is 157 cm³/mol. The molecule has 1 unspecified atom stereocenters. The number of carbonyl (C=O) groups excluding carboxylic acids is 1. The molecule has 3 aromatic carbocycles. The van der Waals surface area contributed by atoms with E-state index in [0.717, 1.165) is 18.5 Å². The summed E-state index contributed by atoms with van der Waals surface area (Å²) in [6, 6.07) is 31.1. The third-order valence-electron chi connectivity index (χ3n) is 7.22. The lowest BCUT2D eigenvalue weighted by molar-refractivity contribution is -0.142. The van der Waals surface area contributed by atoms with Crippen molar-refractivity contribution in [2.24, 2.45) is 5.41 Å². The van der Waals surface area contributed by atoms with E-state index < -0.39 is 9.04 Å². The highest BCUT2D eigenvalue weighted by Gasteiger charge is 2.42. The molecule has 4 rings (SSSR count). The van der Waals surface area contributed by atoms with Gasteiger partial charge in [-0.2, -0.15) is 0 Å². The molecule has 38 heavy (non-hydrogen) atoms. The van der Waals surface area contributed by atoms with Crippen molar-refractivity contribution in [3.63, 3.8) is 0 Å². The van der Waals surface area contributed by atoms with Gasteiger partial charge >= 0.3 is 0 Å². The van der Waals surface area contributed by atoms with Gasteiger partial charge in [0.25, 0.3) is 0 Å². The van der Waals surface area contributed by atoms with Crippen LogP contribution in [0.1, 0.15) is 39.7 Å². The number of hydrogen-bond donors (Lipinski definition) is 1. The topological polar surface area (TPSA) is 50.8 Å². The molecule has 0 saturated carbocycles. The van der Waals surface area contributed by atoms with Gasteiger partial charge < -0.3 is 19.4 Å². The van der Waals surface area contributed by atoms with Crippen molar-refractivity contribution in [2.75, 3.05) is 19.7 Å². The Balaban J connectivity index is 1.63. The van der Waals surface area contributed by atoms with Crippen LogP contribution in [0.2, 0.25) is 0 Å². The SMILES string of the molecule is C[C@@H]1NCCN([C@@H](CCOCc2ccccc2)C(O[SiH](c2ccccc2)c2ccccc2)C(C)(C)C)C1=O. The van der Waals surface area contributed by atoms with Crippen molar-refractivity contribution in [1.82, 2.24) is 10.2 Å². The smallest absolute Gasteiger partial charge is 0.240 e. The van der Waals surface area contributed by atoms with Crippen molar-refractivity contribution < 1.29 is 14.0 Å². The van der Waals surface area contributed by atoms with E-state index in [2.05, 4.69) is 104 Å². The fourth-order valence-electron chi connectivity index (χ4n) is 5.24. The Labute approximate surface area is 229 Å². The minimum atomic E-state index is -2.04. The number of benzene rings is 3. The number of ether oxygens (including phenoxy) is 1. The molecular weight excluding hydrogens is 488 g/mol. The first-order chi connectivity index (χ1) is 18.3. The van der Waals surface area contributed by atoms with Crippen LogP contribution in [0.5, 0.6) is 0 Å². The monoisotopic (exact) mass is 530 g/mol. The molecule has 0 spiro atoms. The molecule has 0 radical (unpaired) electrons. The number of nitrogens with zero attached hydrogens (tertiary/aromatic N) is 1. The summed E-state index contributed by atoms with van der Waals surface area (Å²) in [5, 5.41) is 5.81. The van der Waals surface area contributed by atoms with Crippen molar-refractivity contribution in [3.8, 4) is 0 Å². The Morgan fingerprint density at radius 1 is 0.921 bits per heavy atom. The fraction of sp³-hybridized carbons (Fsp3) is 0.406. The third kappa shape index (κ3) is 7.41. The average molecular weight is 531 g/mol. The second kappa shape index (κ2) is 13.3. The number of hydrogen-bond acceptors (Lipinski definition) is 4. The second-order valence-electron chi connectivity index (χ2n) is 11.2. The maximum absolute atomic E-state index is 13.5. The molecule has 6 heteroatoms. The summed E-state index contributed by atoms with van der Waals surface area (Å²) >= 11 is 0. The summed E-state index contributed by atoms with van der Waals surface area (Å²) in [6.07, 6.45) is 0.562. The number of carbonyl (C=O) groups is 1. The summed E-state index contributed by atoms with van der Waals surface area (Å²) in [6.45, 7) is 11.2. The molecule has 0 aliphatic carbocycles. The van der Waals surface area contributed by atoms with Crippen molar-refractivity contribution >= 4 is 25.3 Å². The van der Waals surface area contributed by atoms with Crippen LogP contribution in [0.4, 0.5) is 0 Å². The molecule has 1 amide bonds. The number of piperazine rings is 1. The first-order valence-corrected chi connectivity index (χ1v) is 15.4. The summed E-state index contributed by atoms with van der Waals surface area (Å²) in [5.41, 5.74) is 0.966. The largest absolute Gasteiger partial charge is 0.405 e. The van der Waals surface area contributed by atoms with Crippen LogP contribution < -0.4 is 15.7 Å².